The highest BCUT2D eigenvalue weighted by Crippen LogP contribution is 2.35. The Kier molecular flexibility index (Phi) is 4.32. The van der Waals surface area contributed by atoms with Crippen LogP contribution in [0.3, 0.4) is 0 Å². The predicted octanol–water partition coefficient (Wildman–Crippen LogP) is 3.90. The van der Waals surface area contributed by atoms with Gasteiger partial charge in [-0.05, 0) is 55.7 Å². The third-order valence-corrected chi connectivity index (χ3v) is 4.77. The summed E-state index contributed by atoms with van der Waals surface area (Å²) in [6, 6.07) is 5.66. The maximum atomic E-state index is 12.3. The van der Waals surface area contributed by atoms with E-state index in [2.05, 4.69) is 26.2 Å². The van der Waals surface area contributed by atoms with Crippen molar-refractivity contribution in [3.05, 3.63) is 50.8 Å². The van der Waals surface area contributed by atoms with E-state index in [1.807, 2.05) is 38.1 Å². The van der Waals surface area contributed by atoms with Crippen molar-refractivity contribution >= 4 is 45.1 Å². The van der Waals surface area contributed by atoms with Crippen molar-refractivity contribution in [3.63, 3.8) is 0 Å². The summed E-state index contributed by atoms with van der Waals surface area (Å²) < 4.78 is 0.908. The van der Waals surface area contributed by atoms with Crippen molar-refractivity contribution in [2.75, 3.05) is 5.32 Å². The smallest absolute Gasteiger partial charge is 0.303 e. The summed E-state index contributed by atoms with van der Waals surface area (Å²) in [6.07, 6.45) is 2.40. The molecular weight excluding hydrogens is 372 g/mol. The molecule has 1 aromatic heterocycles. The molecular formula is C18H17BrN2O3. The second kappa shape index (κ2) is 6.28. The highest BCUT2D eigenvalue weighted by Gasteiger charge is 2.25. The van der Waals surface area contributed by atoms with Crippen molar-refractivity contribution < 1.29 is 14.7 Å². The molecule has 24 heavy (non-hydrogen) atoms. The fourth-order valence-corrected chi connectivity index (χ4v) is 3.38. The normalized spacial score (nSPS) is 14.8. The van der Waals surface area contributed by atoms with Crippen molar-refractivity contribution in [1.82, 2.24) is 4.98 Å². The van der Waals surface area contributed by atoms with Crippen LogP contribution >= 0.6 is 15.9 Å². The van der Waals surface area contributed by atoms with Gasteiger partial charge in [0.05, 0.1) is 5.57 Å². The zero-order chi connectivity index (χ0) is 17.4. The number of halogens is 1. The lowest BCUT2D eigenvalue weighted by atomic mass is 10.0. The molecule has 2 heterocycles. The van der Waals surface area contributed by atoms with E-state index in [-0.39, 0.29) is 12.3 Å². The first-order valence-electron chi connectivity index (χ1n) is 7.59. The number of aromatic amines is 1. The van der Waals surface area contributed by atoms with Gasteiger partial charge in [-0.15, -0.1) is 0 Å². The number of aryl methyl sites for hydroxylation is 1. The van der Waals surface area contributed by atoms with E-state index in [1.165, 1.54) is 0 Å². The Morgan fingerprint density at radius 2 is 2.08 bits per heavy atom. The average molecular weight is 389 g/mol. The van der Waals surface area contributed by atoms with E-state index in [0.29, 0.717) is 12.0 Å². The topological polar surface area (TPSA) is 82.2 Å². The molecule has 3 rings (SSSR count). The molecule has 0 unspecified atom stereocenters. The minimum Gasteiger partial charge on any atom is -0.481 e. The number of H-pyrrole nitrogens is 1. The van der Waals surface area contributed by atoms with Gasteiger partial charge >= 0.3 is 5.97 Å². The molecule has 1 aromatic carbocycles. The van der Waals surface area contributed by atoms with Gasteiger partial charge in [0.1, 0.15) is 0 Å². The van der Waals surface area contributed by atoms with Crippen LogP contribution in [0, 0.1) is 13.8 Å². The summed E-state index contributed by atoms with van der Waals surface area (Å²) in [5.74, 6) is -0.953. The average Bonchev–Trinajstić information content (AvgIpc) is 2.95. The fraction of sp³-hybridized carbons (Fsp3) is 0.222. The van der Waals surface area contributed by atoms with Crippen LogP contribution < -0.4 is 5.32 Å². The number of carboxylic acid groups (broad SMARTS) is 1. The summed E-state index contributed by atoms with van der Waals surface area (Å²) in [6.45, 7) is 3.87. The van der Waals surface area contributed by atoms with Crippen molar-refractivity contribution in [3.8, 4) is 0 Å². The summed E-state index contributed by atoms with van der Waals surface area (Å²) in [5.41, 5.74) is 6.00. The predicted molar refractivity (Wildman–Crippen MR) is 96.9 cm³/mol. The zero-order valence-electron chi connectivity index (χ0n) is 13.4. The van der Waals surface area contributed by atoms with E-state index in [4.69, 9.17) is 5.11 Å². The molecule has 0 atom stereocenters. The molecule has 6 heteroatoms. The van der Waals surface area contributed by atoms with Crippen molar-refractivity contribution in [2.24, 2.45) is 0 Å². The van der Waals surface area contributed by atoms with Gasteiger partial charge in [0.15, 0.2) is 0 Å². The summed E-state index contributed by atoms with van der Waals surface area (Å²) in [5, 5.41) is 11.7. The molecule has 2 aromatic rings. The van der Waals surface area contributed by atoms with Crippen molar-refractivity contribution in [2.45, 2.75) is 26.7 Å². The lowest BCUT2D eigenvalue weighted by molar-refractivity contribution is -0.137. The van der Waals surface area contributed by atoms with E-state index in [0.717, 1.165) is 38.2 Å². The molecule has 0 bridgehead atoms. The number of nitrogens with one attached hydrogen (secondary N) is 2. The van der Waals surface area contributed by atoms with Crippen LogP contribution in [0.1, 0.15) is 34.5 Å². The van der Waals surface area contributed by atoms with Gasteiger partial charge in [0.2, 0.25) is 0 Å². The molecule has 1 amide bonds. The molecule has 0 radical (unpaired) electrons. The van der Waals surface area contributed by atoms with Crippen LogP contribution in [0.15, 0.2) is 22.7 Å². The number of fused-ring (bicyclic) bond motifs is 1. The zero-order valence-corrected chi connectivity index (χ0v) is 15.0. The maximum Gasteiger partial charge on any atom is 0.303 e. The standard InChI is InChI=1S/C18H17BrN2O3/c1-9-12(4-6-17(22)23)10(2)20-16(9)8-14-13-7-11(19)3-5-15(13)21-18(14)24/h3,5,7-8,20H,4,6H2,1-2H3,(H,21,24)(H,22,23)/b14-8+. The third kappa shape index (κ3) is 3.01. The quantitative estimate of drug-likeness (QED) is 0.694. The molecule has 0 fully saturated rings. The number of carboxylic acids is 1. The number of anilines is 1. The van der Waals surface area contributed by atoms with E-state index in [9.17, 15) is 9.59 Å². The minimum atomic E-state index is -0.816. The number of carbonyl (C=O) groups is 2. The summed E-state index contributed by atoms with van der Waals surface area (Å²) in [4.78, 5) is 26.4. The molecule has 1 aliphatic heterocycles. The van der Waals surface area contributed by atoms with Gasteiger partial charge in [-0.25, -0.2) is 0 Å². The number of aromatic nitrogens is 1. The van der Waals surface area contributed by atoms with Gasteiger partial charge in [-0.2, -0.15) is 0 Å². The highest BCUT2D eigenvalue weighted by molar-refractivity contribution is 9.10. The van der Waals surface area contributed by atoms with Crippen LogP contribution in [-0.2, 0) is 16.0 Å². The number of hydrogen-bond donors (Lipinski definition) is 3. The summed E-state index contributed by atoms with van der Waals surface area (Å²) in [7, 11) is 0. The molecule has 3 N–H and O–H groups in total. The number of aliphatic carboxylic acids is 1. The molecule has 5 nitrogen and oxygen atoms in total. The number of hydrogen-bond acceptors (Lipinski definition) is 2. The molecule has 1 aliphatic rings. The molecule has 0 aliphatic carbocycles. The number of benzene rings is 1. The first kappa shape index (κ1) is 16.5. The van der Waals surface area contributed by atoms with Gasteiger partial charge in [-0.3, -0.25) is 9.59 Å². The Morgan fingerprint density at radius 3 is 2.79 bits per heavy atom. The highest BCUT2D eigenvalue weighted by atomic mass is 79.9. The van der Waals surface area contributed by atoms with E-state index in [1.54, 1.807) is 0 Å². The van der Waals surface area contributed by atoms with E-state index < -0.39 is 5.97 Å². The third-order valence-electron chi connectivity index (χ3n) is 4.27. The van der Waals surface area contributed by atoms with Gasteiger partial charge in [0.25, 0.3) is 5.91 Å². The largest absolute Gasteiger partial charge is 0.481 e. The first-order valence-corrected chi connectivity index (χ1v) is 8.39. The Hall–Kier alpha value is -2.34. The second-order valence-corrected chi connectivity index (χ2v) is 6.78. The van der Waals surface area contributed by atoms with Crippen molar-refractivity contribution in [1.29, 1.82) is 0 Å². The SMILES string of the molecule is Cc1[nH]c(/C=C2/C(=O)Nc3ccc(Br)cc32)c(C)c1CCC(=O)O. The monoisotopic (exact) mass is 388 g/mol. The Labute approximate surface area is 147 Å². The van der Waals surface area contributed by atoms with Gasteiger partial charge in [-0.1, -0.05) is 15.9 Å². The fourth-order valence-electron chi connectivity index (χ4n) is 3.01. The second-order valence-electron chi connectivity index (χ2n) is 5.86. The molecule has 0 spiro atoms. The molecule has 124 valence electrons. The lowest BCUT2D eigenvalue weighted by Crippen LogP contribution is -2.03. The Balaban J connectivity index is 2.01. The Morgan fingerprint density at radius 1 is 1.33 bits per heavy atom. The van der Waals surface area contributed by atoms with Crippen LogP contribution in [0.2, 0.25) is 0 Å². The Bertz CT molecular complexity index is 881. The van der Waals surface area contributed by atoms with Gasteiger partial charge in [0, 0.05) is 33.5 Å². The van der Waals surface area contributed by atoms with E-state index >= 15 is 0 Å². The van der Waals surface area contributed by atoms with Crippen LogP contribution in [0.25, 0.3) is 11.6 Å². The lowest BCUT2D eigenvalue weighted by Gasteiger charge is -2.01. The van der Waals surface area contributed by atoms with Crippen LogP contribution in [0.5, 0.6) is 0 Å². The molecule has 0 saturated carbocycles. The summed E-state index contributed by atoms with van der Waals surface area (Å²) >= 11 is 3.43. The van der Waals surface area contributed by atoms with Crippen LogP contribution in [0.4, 0.5) is 5.69 Å². The molecule has 0 saturated heterocycles. The van der Waals surface area contributed by atoms with Gasteiger partial charge < -0.3 is 15.4 Å². The van der Waals surface area contributed by atoms with Crippen LogP contribution in [-0.4, -0.2) is 22.0 Å². The number of carbonyl (C=O) groups excluding carboxylic acids is 1. The number of amides is 1. The first-order chi connectivity index (χ1) is 11.4. The maximum absolute atomic E-state index is 12.3. The minimum absolute atomic E-state index is 0.0891. The number of rotatable bonds is 4.